The van der Waals surface area contributed by atoms with Crippen LogP contribution in [0.5, 0.6) is 0 Å². The number of aryl methyl sites for hydroxylation is 1. The predicted octanol–water partition coefficient (Wildman–Crippen LogP) is 3.90. The summed E-state index contributed by atoms with van der Waals surface area (Å²) in [6.07, 6.45) is 1.88. The molecule has 2 heterocycles. The van der Waals surface area contributed by atoms with Crippen molar-refractivity contribution >= 4 is 39.5 Å². The van der Waals surface area contributed by atoms with Crippen molar-refractivity contribution in [2.75, 3.05) is 11.9 Å². The van der Waals surface area contributed by atoms with Gasteiger partial charge in [0.15, 0.2) is 17.2 Å². The number of anilines is 2. The molecular formula is C21H18F2N4O4. The smallest absolute Gasteiger partial charge is 0.419 e. The van der Waals surface area contributed by atoms with Gasteiger partial charge in [-0.3, -0.25) is 9.36 Å². The molecule has 10 heteroatoms. The van der Waals surface area contributed by atoms with E-state index in [9.17, 15) is 18.4 Å². The molecule has 31 heavy (non-hydrogen) atoms. The Bertz CT molecular complexity index is 1330. The van der Waals surface area contributed by atoms with Crippen LogP contribution in [0.2, 0.25) is 0 Å². The highest BCUT2D eigenvalue weighted by molar-refractivity contribution is 5.98. The van der Waals surface area contributed by atoms with E-state index in [0.717, 1.165) is 12.1 Å². The van der Waals surface area contributed by atoms with E-state index in [0.29, 0.717) is 46.5 Å². The molecule has 4 rings (SSSR count). The summed E-state index contributed by atoms with van der Waals surface area (Å²) in [5, 5.41) is 3.50. The first-order valence-corrected chi connectivity index (χ1v) is 9.62. The molecule has 0 aliphatic rings. The minimum absolute atomic E-state index is 0.173. The highest BCUT2D eigenvalue weighted by atomic mass is 19.2. The lowest BCUT2D eigenvalue weighted by Crippen LogP contribution is -2.15. The Morgan fingerprint density at radius 1 is 1.19 bits per heavy atom. The first-order valence-electron chi connectivity index (χ1n) is 9.62. The van der Waals surface area contributed by atoms with Gasteiger partial charge in [0.05, 0.1) is 17.6 Å². The third-order valence-corrected chi connectivity index (χ3v) is 4.67. The number of benzene rings is 2. The summed E-state index contributed by atoms with van der Waals surface area (Å²) in [6, 6.07) is 6.70. The number of hydrogen-bond acceptors (Lipinski definition) is 7. The van der Waals surface area contributed by atoms with E-state index in [1.54, 1.807) is 19.1 Å². The Kier molecular flexibility index (Phi) is 5.61. The van der Waals surface area contributed by atoms with Crippen molar-refractivity contribution in [1.82, 2.24) is 14.5 Å². The van der Waals surface area contributed by atoms with Crippen LogP contribution in [-0.2, 0) is 16.1 Å². The van der Waals surface area contributed by atoms with Crippen LogP contribution in [0.3, 0.4) is 0 Å². The Labute approximate surface area is 174 Å². The number of ether oxygens (including phenoxy) is 1. The van der Waals surface area contributed by atoms with E-state index in [4.69, 9.17) is 9.15 Å². The second-order valence-corrected chi connectivity index (χ2v) is 6.74. The van der Waals surface area contributed by atoms with Crippen LogP contribution in [0.4, 0.5) is 20.3 Å². The fourth-order valence-corrected chi connectivity index (χ4v) is 3.25. The summed E-state index contributed by atoms with van der Waals surface area (Å²) in [5.74, 6) is -2.48. The normalized spacial score (nSPS) is 11.2. The summed E-state index contributed by atoms with van der Waals surface area (Å²) < 4.78 is 38.4. The minimum atomic E-state index is -0.990. The van der Waals surface area contributed by atoms with E-state index in [2.05, 4.69) is 15.3 Å². The Balaban J connectivity index is 1.69. The third kappa shape index (κ3) is 4.23. The largest absolute Gasteiger partial charge is 0.466 e. The van der Waals surface area contributed by atoms with Gasteiger partial charge in [0, 0.05) is 36.2 Å². The minimum Gasteiger partial charge on any atom is -0.466 e. The summed E-state index contributed by atoms with van der Waals surface area (Å²) in [5.41, 5.74) is 1.65. The average Bonchev–Trinajstić information content (AvgIpc) is 3.04. The average molecular weight is 428 g/mol. The maximum absolute atomic E-state index is 13.6. The fourth-order valence-electron chi connectivity index (χ4n) is 3.25. The number of nitrogens with one attached hydrogen (secondary N) is 1. The molecule has 0 atom stereocenters. The second kappa shape index (κ2) is 8.50. The van der Waals surface area contributed by atoms with Gasteiger partial charge < -0.3 is 14.5 Å². The van der Waals surface area contributed by atoms with Crippen molar-refractivity contribution in [2.24, 2.45) is 0 Å². The number of fused-ring (bicyclic) bond motifs is 2. The number of carbonyl (C=O) groups excluding carboxylic acids is 1. The Morgan fingerprint density at radius 2 is 2.03 bits per heavy atom. The first-order chi connectivity index (χ1) is 15.0. The number of esters is 1. The summed E-state index contributed by atoms with van der Waals surface area (Å²) in [4.78, 5) is 32.2. The van der Waals surface area contributed by atoms with Crippen LogP contribution < -0.4 is 11.1 Å². The van der Waals surface area contributed by atoms with Gasteiger partial charge in [-0.15, -0.1) is 0 Å². The number of carbonyl (C=O) groups is 1. The number of aromatic nitrogens is 3. The SMILES string of the molecule is CCOC(=O)CCCn1c(=O)oc2cc3ncnc(Nc4ccc(F)c(F)c4)c3cc21. The third-order valence-electron chi connectivity index (χ3n) is 4.67. The summed E-state index contributed by atoms with van der Waals surface area (Å²) in [7, 11) is 0. The van der Waals surface area contributed by atoms with Crippen LogP contribution in [0.1, 0.15) is 19.8 Å². The molecule has 0 bridgehead atoms. The predicted molar refractivity (Wildman–Crippen MR) is 109 cm³/mol. The molecule has 0 amide bonds. The second-order valence-electron chi connectivity index (χ2n) is 6.74. The summed E-state index contributed by atoms with van der Waals surface area (Å²) in [6.45, 7) is 2.29. The van der Waals surface area contributed by atoms with Gasteiger partial charge in [0.25, 0.3) is 0 Å². The topological polar surface area (TPSA) is 99.2 Å². The Hall–Kier alpha value is -3.82. The Morgan fingerprint density at radius 3 is 2.81 bits per heavy atom. The van der Waals surface area contributed by atoms with Crippen LogP contribution in [-0.4, -0.2) is 27.1 Å². The van der Waals surface area contributed by atoms with Crippen LogP contribution in [0.15, 0.2) is 45.9 Å². The molecule has 0 saturated heterocycles. The summed E-state index contributed by atoms with van der Waals surface area (Å²) >= 11 is 0. The lowest BCUT2D eigenvalue weighted by atomic mass is 10.2. The standard InChI is InChI=1S/C21H18F2N4O4/c1-2-30-19(28)4-3-7-27-17-9-13-16(10-18(17)31-21(27)29)24-11-25-20(13)26-12-5-6-14(22)15(23)8-12/h5-6,8-11H,2-4,7H2,1H3,(H,24,25,26). The molecule has 8 nitrogen and oxygen atoms in total. The van der Waals surface area contributed by atoms with E-state index in [1.807, 2.05) is 0 Å². The molecule has 0 radical (unpaired) electrons. The molecule has 0 aliphatic carbocycles. The number of rotatable bonds is 7. The fraction of sp³-hybridized carbons (Fsp3) is 0.238. The molecule has 0 aliphatic heterocycles. The van der Waals surface area contributed by atoms with Crippen molar-refractivity contribution in [3.63, 3.8) is 0 Å². The zero-order valence-corrected chi connectivity index (χ0v) is 16.5. The molecule has 2 aromatic heterocycles. The molecule has 0 unspecified atom stereocenters. The van der Waals surface area contributed by atoms with Gasteiger partial charge in [0.1, 0.15) is 12.1 Å². The van der Waals surface area contributed by atoms with Gasteiger partial charge in [-0.25, -0.2) is 23.5 Å². The molecule has 4 aromatic rings. The van der Waals surface area contributed by atoms with Gasteiger partial charge in [-0.2, -0.15) is 0 Å². The first kappa shape index (κ1) is 20.5. The van der Waals surface area contributed by atoms with Crippen molar-refractivity contribution in [2.45, 2.75) is 26.3 Å². The monoisotopic (exact) mass is 428 g/mol. The van der Waals surface area contributed by atoms with Crippen molar-refractivity contribution in [1.29, 1.82) is 0 Å². The molecule has 1 N–H and O–H groups in total. The molecule has 0 saturated carbocycles. The van der Waals surface area contributed by atoms with E-state index >= 15 is 0 Å². The van der Waals surface area contributed by atoms with Crippen molar-refractivity contribution in [3.05, 3.63) is 58.8 Å². The number of nitrogens with zero attached hydrogens (tertiary/aromatic N) is 3. The van der Waals surface area contributed by atoms with Crippen molar-refractivity contribution in [3.8, 4) is 0 Å². The molecular weight excluding hydrogens is 410 g/mol. The molecule has 0 fully saturated rings. The zero-order chi connectivity index (χ0) is 22.0. The highest BCUT2D eigenvalue weighted by Crippen LogP contribution is 2.28. The van der Waals surface area contributed by atoms with E-state index < -0.39 is 17.4 Å². The maximum atomic E-state index is 13.6. The number of oxazole rings is 1. The van der Waals surface area contributed by atoms with E-state index in [-0.39, 0.29) is 18.9 Å². The van der Waals surface area contributed by atoms with Gasteiger partial charge in [0.2, 0.25) is 0 Å². The lowest BCUT2D eigenvalue weighted by molar-refractivity contribution is -0.143. The maximum Gasteiger partial charge on any atom is 0.419 e. The zero-order valence-electron chi connectivity index (χ0n) is 16.5. The van der Waals surface area contributed by atoms with Crippen LogP contribution >= 0.6 is 0 Å². The van der Waals surface area contributed by atoms with Crippen LogP contribution in [0.25, 0.3) is 22.0 Å². The molecule has 2 aromatic carbocycles. The quantitative estimate of drug-likeness (QED) is 0.446. The van der Waals surface area contributed by atoms with Gasteiger partial charge in [-0.05, 0) is 31.5 Å². The number of hydrogen-bond donors (Lipinski definition) is 1. The molecule has 160 valence electrons. The van der Waals surface area contributed by atoms with Gasteiger partial charge in [-0.1, -0.05) is 0 Å². The molecule has 0 spiro atoms. The highest BCUT2D eigenvalue weighted by Gasteiger charge is 2.14. The van der Waals surface area contributed by atoms with Crippen molar-refractivity contribution < 1.29 is 22.7 Å². The van der Waals surface area contributed by atoms with Crippen LogP contribution in [0, 0.1) is 11.6 Å². The van der Waals surface area contributed by atoms with Gasteiger partial charge >= 0.3 is 11.7 Å². The number of halogens is 2. The lowest BCUT2D eigenvalue weighted by Gasteiger charge is -2.09. The van der Waals surface area contributed by atoms with E-state index in [1.165, 1.54) is 17.0 Å².